The monoisotopic (exact) mass is 278 g/mol. The van der Waals surface area contributed by atoms with Crippen LogP contribution in [0.25, 0.3) is 0 Å². The fourth-order valence-corrected chi connectivity index (χ4v) is 2.90. The van der Waals surface area contributed by atoms with Gasteiger partial charge in [0.05, 0.1) is 6.04 Å². The number of hydrogen-bond donors (Lipinski definition) is 1. The molecule has 3 atom stereocenters. The van der Waals surface area contributed by atoms with Gasteiger partial charge in [-0.1, -0.05) is 18.6 Å². The third-order valence-corrected chi connectivity index (χ3v) is 4.34. The highest BCUT2D eigenvalue weighted by Gasteiger charge is 2.29. The van der Waals surface area contributed by atoms with E-state index in [-0.39, 0.29) is 29.7 Å². The molecule has 1 fully saturated rings. The molecule has 1 amide bonds. The molecule has 2 rings (SSSR count). The molecule has 1 aliphatic rings. The fourth-order valence-electron chi connectivity index (χ4n) is 2.90. The third kappa shape index (κ3) is 3.37. The van der Waals surface area contributed by atoms with Gasteiger partial charge in [0.1, 0.15) is 5.82 Å². The van der Waals surface area contributed by atoms with Gasteiger partial charge in [0, 0.05) is 19.0 Å². The van der Waals surface area contributed by atoms with E-state index >= 15 is 0 Å². The molecule has 20 heavy (non-hydrogen) atoms. The molecular formula is C16H23FN2O. The maximum Gasteiger partial charge on any atom is 0.225 e. The molecule has 0 spiro atoms. The summed E-state index contributed by atoms with van der Waals surface area (Å²) in [6.07, 6.45) is 3.74. The molecule has 3 unspecified atom stereocenters. The lowest BCUT2D eigenvalue weighted by atomic mass is 9.85. The average molecular weight is 278 g/mol. The van der Waals surface area contributed by atoms with Crippen LogP contribution in [0.2, 0.25) is 0 Å². The van der Waals surface area contributed by atoms with Crippen molar-refractivity contribution in [1.82, 2.24) is 4.90 Å². The first-order chi connectivity index (χ1) is 9.49. The van der Waals surface area contributed by atoms with Crippen LogP contribution in [0.1, 0.15) is 44.2 Å². The van der Waals surface area contributed by atoms with E-state index in [2.05, 4.69) is 0 Å². The van der Waals surface area contributed by atoms with E-state index in [0.717, 1.165) is 31.2 Å². The van der Waals surface area contributed by atoms with Crippen molar-refractivity contribution in [2.24, 2.45) is 11.7 Å². The lowest BCUT2D eigenvalue weighted by Gasteiger charge is -2.32. The highest BCUT2D eigenvalue weighted by Crippen LogP contribution is 2.28. The summed E-state index contributed by atoms with van der Waals surface area (Å²) in [4.78, 5) is 14.3. The second-order valence-electron chi connectivity index (χ2n) is 5.80. The SMILES string of the molecule is CC(c1ccc(F)cc1)N(C)C(=O)C1CCCC(N)C1. The van der Waals surface area contributed by atoms with Crippen LogP contribution in [0.3, 0.4) is 0 Å². The Labute approximate surface area is 120 Å². The van der Waals surface area contributed by atoms with Crippen molar-refractivity contribution < 1.29 is 9.18 Å². The fraction of sp³-hybridized carbons (Fsp3) is 0.562. The maximum absolute atomic E-state index is 12.9. The summed E-state index contributed by atoms with van der Waals surface area (Å²) in [5.74, 6) is -0.0724. The van der Waals surface area contributed by atoms with E-state index in [1.54, 1.807) is 17.0 Å². The summed E-state index contributed by atoms with van der Waals surface area (Å²) < 4.78 is 12.9. The lowest BCUT2D eigenvalue weighted by Crippen LogP contribution is -2.39. The van der Waals surface area contributed by atoms with Gasteiger partial charge in [-0.25, -0.2) is 4.39 Å². The van der Waals surface area contributed by atoms with E-state index in [4.69, 9.17) is 5.73 Å². The van der Waals surface area contributed by atoms with E-state index in [9.17, 15) is 9.18 Å². The lowest BCUT2D eigenvalue weighted by molar-refractivity contribution is -0.137. The molecule has 0 radical (unpaired) electrons. The maximum atomic E-state index is 12.9. The number of halogens is 1. The Morgan fingerprint density at radius 1 is 1.35 bits per heavy atom. The molecule has 0 aliphatic heterocycles. The van der Waals surface area contributed by atoms with Crippen molar-refractivity contribution >= 4 is 5.91 Å². The number of amides is 1. The van der Waals surface area contributed by atoms with E-state index < -0.39 is 0 Å². The van der Waals surface area contributed by atoms with Crippen LogP contribution in [-0.4, -0.2) is 23.9 Å². The van der Waals surface area contributed by atoms with Crippen LogP contribution in [0.15, 0.2) is 24.3 Å². The van der Waals surface area contributed by atoms with Crippen LogP contribution in [0.4, 0.5) is 4.39 Å². The van der Waals surface area contributed by atoms with Gasteiger partial charge in [-0.2, -0.15) is 0 Å². The minimum absolute atomic E-state index is 0.0339. The van der Waals surface area contributed by atoms with Crippen molar-refractivity contribution in [2.45, 2.75) is 44.7 Å². The Morgan fingerprint density at radius 2 is 2.00 bits per heavy atom. The van der Waals surface area contributed by atoms with Crippen LogP contribution < -0.4 is 5.73 Å². The Hall–Kier alpha value is -1.42. The number of benzene rings is 1. The molecule has 0 bridgehead atoms. The molecule has 1 saturated carbocycles. The van der Waals surface area contributed by atoms with Crippen molar-refractivity contribution in [2.75, 3.05) is 7.05 Å². The Morgan fingerprint density at radius 3 is 2.60 bits per heavy atom. The predicted molar refractivity (Wildman–Crippen MR) is 77.5 cm³/mol. The smallest absolute Gasteiger partial charge is 0.225 e. The molecule has 110 valence electrons. The minimum atomic E-state index is -0.256. The zero-order chi connectivity index (χ0) is 14.7. The summed E-state index contributed by atoms with van der Waals surface area (Å²) in [5.41, 5.74) is 6.90. The first kappa shape index (κ1) is 15.0. The number of nitrogens with zero attached hydrogens (tertiary/aromatic N) is 1. The second kappa shape index (κ2) is 6.35. The molecule has 4 heteroatoms. The largest absolute Gasteiger partial charge is 0.339 e. The van der Waals surface area contributed by atoms with Gasteiger partial charge in [-0.05, 0) is 43.9 Å². The number of hydrogen-bond acceptors (Lipinski definition) is 2. The standard InChI is InChI=1S/C16H23FN2O/c1-11(12-6-8-14(17)9-7-12)19(2)16(20)13-4-3-5-15(18)10-13/h6-9,11,13,15H,3-5,10,18H2,1-2H3. The van der Waals surface area contributed by atoms with Crippen LogP contribution in [0, 0.1) is 11.7 Å². The van der Waals surface area contributed by atoms with E-state index in [1.165, 1.54) is 12.1 Å². The van der Waals surface area contributed by atoms with Gasteiger partial charge in [-0.15, -0.1) is 0 Å². The van der Waals surface area contributed by atoms with Gasteiger partial charge >= 0.3 is 0 Å². The zero-order valence-electron chi connectivity index (χ0n) is 12.2. The van der Waals surface area contributed by atoms with Gasteiger partial charge in [0.25, 0.3) is 0 Å². The summed E-state index contributed by atoms with van der Waals surface area (Å²) >= 11 is 0. The molecule has 1 aliphatic carbocycles. The highest BCUT2D eigenvalue weighted by atomic mass is 19.1. The summed E-state index contributed by atoms with van der Waals surface area (Å²) in [6, 6.07) is 6.42. The minimum Gasteiger partial charge on any atom is -0.339 e. The average Bonchev–Trinajstić information content (AvgIpc) is 2.46. The predicted octanol–water partition coefficient (Wildman–Crippen LogP) is 2.86. The number of carbonyl (C=O) groups is 1. The van der Waals surface area contributed by atoms with Crippen molar-refractivity contribution in [3.05, 3.63) is 35.6 Å². The van der Waals surface area contributed by atoms with Crippen molar-refractivity contribution in [1.29, 1.82) is 0 Å². The molecule has 2 N–H and O–H groups in total. The Balaban J connectivity index is 2.03. The zero-order valence-corrected chi connectivity index (χ0v) is 12.2. The number of carbonyl (C=O) groups excluding carboxylic acids is 1. The number of rotatable bonds is 3. The van der Waals surface area contributed by atoms with Crippen LogP contribution >= 0.6 is 0 Å². The van der Waals surface area contributed by atoms with Crippen molar-refractivity contribution in [3.63, 3.8) is 0 Å². The molecule has 0 saturated heterocycles. The number of nitrogens with two attached hydrogens (primary N) is 1. The van der Waals surface area contributed by atoms with Gasteiger partial charge in [0.15, 0.2) is 0 Å². The van der Waals surface area contributed by atoms with Gasteiger partial charge in [-0.3, -0.25) is 4.79 Å². The molecule has 0 aromatic heterocycles. The molecule has 1 aromatic rings. The van der Waals surface area contributed by atoms with Crippen LogP contribution in [0.5, 0.6) is 0 Å². The van der Waals surface area contributed by atoms with E-state index in [0.29, 0.717) is 0 Å². The quantitative estimate of drug-likeness (QED) is 0.924. The second-order valence-corrected chi connectivity index (χ2v) is 5.80. The topological polar surface area (TPSA) is 46.3 Å². The third-order valence-electron chi connectivity index (χ3n) is 4.34. The molecule has 0 heterocycles. The van der Waals surface area contributed by atoms with Gasteiger partial charge in [0.2, 0.25) is 5.91 Å². The molecule has 1 aromatic carbocycles. The Kier molecular flexibility index (Phi) is 4.76. The summed E-state index contributed by atoms with van der Waals surface area (Å²) in [5, 5.41) is 0. The highest BCUT2D eigenvalue weighted by molar-refractivity contribution is 5.79. The van der Waals surface area contributed by atoms with E-state index in [1.807, 2.05) is 14.0 Å². The first-order valence-corrected chi connectivity index (χ1v) is 7.26. The van der Waals surface area contributed by atoms with Gasteiger partial charge < -0.3 is 10.6 Å². The molecule has 3 nitrogen and oxygen atoms in total. The van der Waals surface area contributed by atoms with Crippen molar-refractivity contribution in [3.8, 4) is 0 Å². The normalized spacial score (nSPS) is 24.2. The first-order valence-electron chi connectivity index (χ1n) is 7.26. The Bertz CT molecular complexity index is 460. The molecular weight excluding hydrogens is 255 g/mol. The summed E-state index contributed by atoms with van der Waals surface area (Å²) in [6.45, 7) is 1.97. The van der Waals surface area contributed by atoms with Crippen LogP contribution in [-0.2, 0) is 4.79 Å². The summed E-state index contributed by atoms with van der Waals surface area (Å²) in [7, 11) is 1.82.